The summed E-state index contributed by atoms with van der Waals surface area (Å²) >= 11 is 1.42. The van der Waals surface area contributed by atoms with Crippen LogP contribution in [0.1, 0.15) is 34.3 Å². The van der Waals surface area contributed by atoms with E-state index in [0.29, 0.717) is 17.5 Å². The van der Waals surface area contributed by atoms with Gasteiger partial charge in [0.25, 0.3) is 0 Å². The molecule has 0 saturated carbocycles. The number of hydrogen-bond donors (Lipinski definition) is 0. The van der Waals surface area contributed by atoms with E-state index in [4.69, 9.17) is 4.74 Å². The Labute approximate surface area is 181 Å². The van der Waals surface area contributed by atoms with Gasteiger partial charge in [-0.25, -0.2) is 0 Å². The number of methoxy groups -OCH3 is 1. The van der Waals surface area contributed by atoms with Crippen LogP contribution in [-0.2, 0) is 19.4 Å². The van der Waals surface area contributed by atoms with E-state index in [1.165, 1.54) is 35.7 Å². The number of benzene rings is 2. The molecule has 3 aromatic rings. The van der Waals surface area contributed by atoms with Gasteiger partial charge in [-0.1, -0.05) is 30.0 Å². The summed E-state index contributed by atoms with van der Waals surface area (Å²) in [7, 11) is 1.64. The molecule has 0 bridgehead atoms. The summed E-state index contributed by atoms with van der Waals surface area (Å²) < 4.78 is 7.21. The Morgan fingerprint density at radius 1 is 1.13 bits per heavy atom. The van der Waals surface area contributed by atoms with Gasteiger partial charge < -0.3 is 4.74 Å². The van der Waals surface area contributed by atoms with Crippen molar-refractivity contribution in [3.8, 4) is 17.1 Å². The summed E-state index contributed by atoms with van der Waals surface area (Å²) in [5, 5.41) is 9.41. The number of carbonyl (C=O) groups excluding carboxylic acids is 1. The average molecular weight is 420 g/mol. The number of aryl methyl sites for hydroxylation is 2. The topological polar surface area (TPSA) is 57.0 Å². The van der Waals surface area contributed by atoms with E-state index >= 15 is 0 Å². The highest BCUT2D eigenvalue weighted by Crippen LogP contribution is 2.27. The van der Waals surface area contributed by atoms with Crippen LogP contribution in [0.25, 0.3) is 11.4 Å². The van der Waals surface area contributed by atoms with Gasteiger partial charge in [0.15, 0.2) is 16.8 Å². The number of hydrogen-bond acceptors (Lipinski definition) is 5. The van der Waals surface area contributed by atoms with Gasteiger partial charge in [-0.15, -0.1) is 16.8 Å². The lowest BCUT2D eigenvalue weighted by molar-refractivity contribution is 0.102. The van der Waals surface area contributed by atoms with Gasteiger partial charge in [-0.3, -0.25) is 9.36 Å². The Bertz CT molecular complexity index is 1060. The SMILES string of the molecule is C=CCn1c(SCC(=O)c2ccc3c(c2)CCCC3)nnc1-c1ccc(OC)cc1. The normalized spacial score (nSPS) is 13.0. The second kappa shape index (κ2) is 9.30. The number of carbonyl (C=O) groups is 1. The van der Waals surface area contributed by atoms with E-state index in [-0.39, 0.29) is 5.78 Å². The number of ketones is 1. The Balaban J connectivity index is 1.50. The minimum atomic E-state index is 0.118. The van der Waals surface area contributed by atoms with Crippen molar-refractivity contribution < 1.29 is 9.53 Å². The van der Waals surface area contributed by atoms with Crippen molar-refractivity contribution in [2.45, 2.75) is 37.4 Å². The predicted molar refractivity (Wildman–Crippen MR) is 120 cm³/mol. The zero-order valence-electron chi connectivity index (χ0n) is 17.1. The van der Waals surface area contributed by atoms with Gasteiger partial charge >= 0.3 is 0 Å². The lowest BCUT2D eigenvalue weighted by Gasteiger charge is -2.16. The second-order valence-corrected chi connectivity index (χ2v) is 8.28. The molecule has 0 aliphatic heterocycles. The standard InChI is InChI=1S/C24H25N3O2S/c1-3-14-27-23(18-10-12-21(29-2)13-11-18)25-26-24(27)30-16-22(28)20-9-8-17-6-4-5-7-19(17)15-20/h3,8-13,15H,1,4-7,14,16H2,2H3. The fourth-order valence-corrected chi connectivity index (χ4v) is 4.61. The van der Waals surface area contributed by atoms with E-state index in [2.05, 4.69) is 28.9 Å². The molecule has 1 heterocycles. The molecule has 2 aromatic carbocycles. The summed E-state index contributed by atoms with van der Waals surface area (Å²) in [6.07, 6.45) is 6.45. The van der Waals surface area contributed by atoms with Crippen molar-refractivity contribution in [2.24, 2.45) is 0 Å². The van der Waals surface area contributed by atoms with Gasteiger partial charge in [0.1, 0.15) is 5.75 Å². The average Bonchev–Trinajstić information content (AvgIpc) is 3.20. The van der Waals surface area contributed by atoms with Gasteiger partial charge in [0, 0.05) is 17.7 Å². The summed E-state index contributed by atoms with van der Waals surface area (Å²) in [4.78, 5) is 12.8. The van der Waals surface area contributed by atoms with Crippen LogP contribution in [0.3, 0.4) is 0 Å². The third-order valence-corrected chi connectivity index (χ3v) is 6.35. The lowest BCUT2D eigenvalue weighted by atomic mass is 9.90. The Hall–Kier alpha value is -2.86. The van der Waals surface area contributed by atoms with Crippen LogP contribution >= 0.6 is 11.8 Å². The van der Waals surface area contributed by atoms with Crippen LogP contribution in [0.15, 0.2) is 60.3 Å². The molecular formula is C24H25N3O2S. The first-order valence-electron chi connectivity index (χ1n) is 10.2. The number of Topliss-reactive ketones (excluding diaryl/α,β-unsaturated/α-hetero) is 1. The largest absolute Gasteiger partial charge is 0.497 e. The lowest BCUT2D eigenvalue weighted by Crippen LogP contribution is -2.08. The van der Waals surface area contributed by atoms with Crippen molar-refractivity contribution >= 4 is 17.5 Å². The highest BCUT2D eigenvalue weighted by atomic mass is 32.2. The molecule has 0 amide bonds. The maximum atomic E-state index is 12.8. The third kappa shape index (κ3) is 4.33. The quantitative estimate of drug-likeness (QED) is 0.292. The zero-order chi connectivity index (χ0) is 20.9. The fraction of sp³-hybridized carbons (Fsp3) is 0.292. The molecule has 0 unspecified atom stereocenters. The molecule has 0 saturated heterocycles. The monoisotopic (exact) mass is 419 g/mol. The molecule has 1 aliphatic carbocycles. The molecule has 0 radical (unpaired) electrons. The minimum absolute atomic E-state index is 0.118. The number of aromatic nitrogens is 3. The van der Waals surface area contributed by atoms with E-state index < -0.39 is 0 Å². The highest BCUT2D eigenvalue weighted by Gasteiger charge is 2.17. The molecule has 30 heavy (non-hydrogen) atoms. The molecule has 0 spiro atoms. The Kier molecular flexibility index (Phi) is 6.33. The van der Waals surface area contributed by atoms with Crippen molar-refractivity contribution in [2.75, 3.05) is 12.9 Å². The molecule has 4 rings (SSSR count). The van der Waals surface area contributed by atoms with Crippen LogP contribution in [0.4, 0.5) is 0 Å². The maximum absolute atomic E-state index is 12.8. The molecular weight excluding hydrogens is 394 g/mol. The third-order valence-electron chi connectivity index (χ3n) is 5.38. The molecule has 0 fully saturated rings. The summed E-state index contributed by atoms with van der Waals surface area (Å²) in [6.45, 7) is 4.42. The first kappa shape index (κ1) is 20.4. The van der Waals surface area contributed by atoms with Crippen molar-refractivity contribution in [3.63, 3.8) is 0 Å². The molecule has 5 nitrogen and oxygen atoms in total. The van der Waals surface area contributed by atoms with Crippen LogP contribution in [0.2, 0.25) is 0 Å². The first-order valence-corrected chi connectivity index (χ1v) is 11.1. The highest BCUT2D eigenvalue weighted by molar-refractivity contribution is 7.99. The van der Waals surface area contributed by atoms with E-state index in [0.717, 1.165) is 35.5 Å². The van der Waals surface area contributed by atoms with Gasteiger partial charge in [-0.05, 0) is 67.1 Å². The zero-order valence-corrected chi connectivity index (χ0v) is 18.0. The Morgan fingerprint density at radius 2 is 1.90 bits per heavy atom. The van der Waals surface area contributed by atoms with Crippen molar-refractivity contribution in [1.82, 2.24) is 14.8 Å². The van der Waals surface area contributed by atoms with E-state index in [9.17, 15) is 4.79 Å². The maximum Gasteiger partial charge on any atom is 0.192 e. The molecule has 1 aliphatic rings. The van der Waals surface area contributed by atoms with Crippen LogP contribution in [0, 0.1) is 0 Å². The number of thioether (sulfide) groups is 1. The molecule has 0 N–H and O–H groups in total. The van der Waals surface area contributed by atoms with E-state index in [1.54, 1.807) is 7.11 Å². The molecule has 1 aromatic heterocycles. The fourth-order valence-electron chi connectivity index (χ4n) is 3.76. The Morgan fingerprint density at radius 3 is 2.63 bits per heavy atom. The van der Waals surface area contributed by atoms with Crippen molar-refractivity contribution in [3.05, 3.63) is 71.8 Å². The minimum Gasteiger partial charge on any atom is -0.497 e. The van der Waals surface area contributed by atoms with Crippen LogP contribution in [0.5, 0.6) is 5.75 Å². The summed E-state index contributed by atoms with van der Waals surface area (Å²) in [5.74, 6) is 1.99. The molecule has 6 heteroatoms. The smallest absolute Gasteiger partial charge is 0.192 e. The first-order chi connectivity index (χ1) is 14.7. The molecule has 0 atom stereocenters. The number of rotatable bonds is 8. The predicted octanol–water partition coefficient (Wildman–Crippen LogP) is 4.99. The number of ether oxygens (including phenoxy) is 1. The summed E-state index contributed by atoms with van der Waals surface area (Å²) in [5.41, 5.74) is 4.44. The number of nitrogens with zero attached hydrogens (tertiary/aromatic N) is 3. The number of allylic oxidation sites excluding steroid dienone is 1. The van der Waals surface area contributed by atoms with Crippen LogP contribution in [-0.4, -0.2) is 33.4 Å². The number of fused-ring (bicyclic) bond motifs is 1. The molecule has 154 valence electrons. The van der Waals surface area contributed by atoms with Gasteiger partial charge in [-0.2, -0.15) is 0 Å². The van der Waals surface area contributed by atoms with E-state index in [1.807, 2.05) is 41.0 Å². The van der Waals surface area contributed by atoms with Gasteiger partial charge in [0.05, 0.1) is 12.9 Å². The van der Waals surface area contributed by atoms with Crippen LogP contribution < -0.4 is 4.74 Å². The second-order valence-electron chi connectivity index (χ2n) is 7.34. The summed E-state index contributed by atoms with van der Waals surface area (Å²) in [6, 6.07) is 13.9. The van der Waals surface area contributed by atoms with Gasteiger partial charge in [0.2, 0.25) is 0 Å². The van der Waals surface area contributed by atoms with Crippen molar-refractivity contribution in [1.29, 1.82) is 0 Å².